The Balaban J connectivity index is 1.37. The first kappa shape index (κ1) is 43.4. The highest BCUT2D eigenvalue weighted by Crippen LogP contribution is 2.65. The van der Waals surface area contributed by atoms with Gasteiger partial charge in [-0.2, -0.15) is 0 Å². The Morgan fingerprint density at radius 1 is 0.859 bits per heavy atom. The zero-order valence-corrected chi connectivity index (χ0v) is 35.9. The second-order valence-corrected chi connectivity index (χ2v) is 16.8. The predicted molar refractivity (Wildman–Crippen MR) is 238 cm³/mol. The topological polar surface area (TPSA) is 172 Å². The fourth-order valence-electron chi connectivity index (χ4n) is 9.72. The maximum atomic E-state index is 16.1. The maximum Gasteiger partial charge on any atom is 0.329 e. The molecule has 5 aromatic carbocycles. The van der Waals surface area contributed by atoms with Crippen LogP contribution in [0.1, 0.15) is 65.4 Å². The van der Waals surface area contributed by atoms with E-state index in [4.69, 9.17) is 15.2 Å². The van der Waals surface area contributed by atoms with Gasteiger partial charge in [-0.25, -0.2) is 14.5 Å². The van der Waals surface area contributed by atoms with E-state index in [2.05, 4.69) is 22.1 Å². The summed E-state index contributed by atoms with van der Waals surface area (Å²) < 4.78 is 11.4. The minimum atomic E-state index is -2.09. The molecule has 0 unspecified atom stereocenters. The Hall–Kier alpha value is -7.27. The molecule has 13 nitrogen and oxygen atoms in total. The van der Waals surface area contributed by atoms with Crippen molar-refractivity contribution >= 4 is 35.5 Å². The average Bonchev–Trinajstić information content (AvgIpc) is 3.75. The number of fused-ring (bicyclic) bond motifs is 3. The number of aromatic hydroxyl groups is 1. The SMILES string of the molecule is COC(=O)[C@@H](NC(=O)N1C(=O)[C@@]2(c3cc(C#CCN(C)Cc4ccccc4)ccc31)[C@H](C(N)=O)[C@H]1C(=O)O[C@H](c3ccccc3)[C@H](c3ccccc3)N1[C@@H]2c1ccc(O)cc1)C(C)C. The van der Waals surface area contributed by atoms with E-state index in [9.17, 15) is 24.3 Å². The van der Waals surface area contributed by atoms with Gasteiger partial charge in [0, 0.05) is 12.1 Å². The highest BCUT2D eigenvalue weighted by atomic mass is 16.6. The molecule has 64 heavy (non-hydrogen) atoms. The van der Waals surface area contributed by atoms with Crippen molar-refractivity contribution in [1.82, 2.24) is 15.1 Å². The van der Waals surface area contributed by atoms with Gasteiger partial charge in [0.1, 0.15) is 29.4 Å². The van der Waals surface area contributed by atoms with Gasteiger partial charge < -0.3 is 25.6 Å². The van der Waals surface area contributed by atoms with Gasteiger partial charge in [-0.05, 0) is 71.1 Å². The third kappa shape index (κ3) is 7.65. The van der Waals surface area contributed by atoms with Crippen molar-refractivity contribution in [2.75, 3.05) is 25.6 Å². The van der Waals surface area contributed by atoms with Crippen LogP contribution in [-0.4, -0.2) is 77.5 Å². The summed E-state index contributed by atoms with van der Waals surface area (Å²) >= 11 is 0. The lowest BCUT2D eigenvalue weighted by Gasteiger charge is -2.46. The van der Waals surface area contributed by atoms with Crippen LogP contribution >= 0.6 is 0 Å². The number of nitrogens with two attached hydrogens (primary N) is 1. The third-order valence-corrected chi connectivity index (χ3v) is 12.5. The number of nitrogens with zero attached hydrogens (tertiary/aromatic N) is 3. The van der Waals surface area contributed by atoms with Gasteiger partial charge in [-0.1, -0.05) is 129 Å². The first-order valence-electron chi connectivity index (χ1n) is 21.1. The number of nitrogens with one attached hydrogen (secondary N) is 1. The molecule has 4 N–H and O–H groups in total. The molecule has 3 aliphatic rings. The number of carbonyl (C=O) groups excluding carboxylic acids is 5. The molecular weight excluding hydrogens is 811 g/mol. The third-order valence-electron chi connectivity index (χ3n) is 12.5. The summed E-state index contributed by atoms with van der Waals surface area (Å²) in [5.74, 6) is 0.998. The summed E-state index contributed by atoms with van der Waals surface area (Å²) in [5.41, 5.74) is 8.14. The van der Waals surface area contributed by atoms with Crippen LogP contribution in [0.15, 0.2) is 133 Å². The van der Waals surface area contributed by atoms with Crippen molar-refractivity contribution in [2.45, 2.75) is 56.1 Å². The predicted octanol–water partition coefficient (Wildman–Crippen LogP) is 5.93. The number of benzene rings is 5. The van der Waals surface area contributed by atoms with Crippen LogP contribution in [0.3, 0.4) is 0 Å². The average molecular weight is 860 g/mol. The molecule has 0 aromatic heterocycles. The molecule has 0 aliphatic carbocycles. The number of phenolic OH excluding ortho intramolecular Hbond substituents is 1. The van der Waals surface area contributed by atoms with Crippen LogP contribution in [0.4, 0.5) is 10.5 Å². The summed E-state index contributed by atoms with van der Waals surface area (Å²) in [6.45, 7) is 4.49. The van der Waals surface area contributed by atoms with Gasteiger partial charge in [-0.15, -0.1) is 0 Å². The number of phenols is 1. The molecule has 13 heteroatoms. The lowest BCUT2D eigenvalue weighted by Crippen LogP contribution is -2.57. The van der Waals surface area contributed by atoms with E-state index < -0.39 is 77.3 Å². The molecular formula is C51H49N5O8. The van der Waals surface area contributed by atoms with E-state index in [0.717, 1.165) is 16.0 Å². The number of rotatable bonds is 10. The zero-order valence-electron chi connectivity index (χ0n) is 35.9. The number of carbonyl (C=O) groups is 5. The summed E-state index contributed by atoms with van der Waals surface area (Å²) in [6, 6.07) is 34.1. The van der Waals surface area contributed by atoms with Crippen LogP contribution < -0.4 is 16.0 Å². The van der Waals surface area contributed by atoms with Gasteiger partial charge in [0.15, 0.2) is 0 Å². The number of methoxy groups -OCH3 is 1. The van der Waals surface area contributed by atoms with Crippen molar-refractivity contribution in [2.24, 2.45) is 17.6 Å². The number of cyclic esters (lactones) is 1. The number of ether oxygens (including phenoxy) is 2. The molecule has 2 saturated heterocycles. The molecule has 1 spiro atoms. The fourth-order valence-corrected chi connectivity index (χ4v) is 9.72. The van der Waals surface area contributed by atoms with E-state index >= 15 is 4.79 Å². The zero-order chi connectivity index (χ0) is 45.3. The van der Waals surface area contributed by atoms with Crippen molar-refractivity contribution in [1.29, 1.82) is 0 Å². The van der Waals surface area contributed by atoms with Gasteiger partial charge in [0.2, 0.25) is 11.8 Å². The van der Waals surface area contributed by atoms with Crippen LogP contribution in [0.25, 0.3) is 0 Å². The van der Waals surface area contributed by atoms with Gasteiger partial charge in [-0.3, -0.25) is 24.2 Å². The van der Waals surface area contributed by atoms with Crippen LogP contribution in [0, 0.1) is 23.7 Å². The number of imide groups is 1. The largest absolute Gasteiger partial charge is 0.508 e. The standard InChI is InChI=1S/C51H49N5O8/c1-31(2)41(47(59)63-4)53-50(62)55-39-27-22-32(17-14-28-54(3)30-33-15-8-5-9-16-33)29-38(39)51(49(55)61)40(46(52)58)43-48(60)64-44(35-20-12-7-13-21-35)42(34-18-10-6-11-19-34)56(43)45(51)36-23-25-37(57)26-24-36/h5-13,15-16,18-27,29,31,40-45,57H,28,30H2,1-4H3,(H2,52,58)(H,53,62)/t40-,41-,42-,43-,44+,45+,51-/m0/s1. The Labute approximate surface area is 371 Å². The first-order valence-corrected chi connectivity index (χ1v) is 21.1. The molecule has 326 valence electrons. The highest BCUT2D eigenvalue weighted by Gasteiger charge is 2.75. The van der Waals surface area contributed by atoms with Crippen molar-refractivity contribution < 1.29 is 38.6 Å². The summed E-state index contributed by atoms with van der Waals surface area (Å²) in [4.78, 5) is 78.0. The Morgan fingerprint density at radius 2 is 1.48 bits per heavy atom. The van der Waals surface area contributed by atoms with Crippen molar-refractivity contribution in [3.63, 3.8) is 0 Å². The van der Waals surface area contributed by atoms with E-state index in [0.29, 0.717) is 29.8 Å². The number of hydrogen-bond acceptors (Lipinski definition) is 10. The van der Waals surface area contributed by atoms with Crippen molar-refractivity contribution in [3.05, 3.63) is 167 Å². The summed E-state index contributed by atoms with van der Waals surface area (Å²) in [5, 5.41) is 13.3. The first-order chi connectivity index (χ1) is 30.9. The number of amides is 4. The maximum absolute atomic E-state index is 16.1. The fraction of sp³-hybridized carbons (Fsp3) is 0.275. The minimum absolute atomic E-state index is 0.0601. The van der Waals surface area contributed by atoms with Crippen LogP contribution in [0.5, 0.6) is 5.75 Å². The molecule has 0 bridgehead atoms. The highest BCUT2D eigenvalue weighted by molar-refractivity contribution is 6.25. The minimum Gasteiger partial charge on any atom is -0.508 e. The molecule has 7 atom stereocenters. The smallest absolute Gasteiger partial charge is 0.329 e. The molecule has 0 radical (unpaired) electrons. The monoisotopic (exact) mass is 859 g/mol. The van der Waals surface area contributed by atoms with E-state index in [1.54, 1.807) is 44.2 Å². The summed E-state index contributed by atoms with van der Waals surface area (Å²) in [7, 11) is 3.16. The molecule has 3 aliphatic heterocycles. The quantitative estimate of drug-likeness (QED) is 0.113. The lowest BCUT2D eigenvalue weighted by molar-refractivity contribution is -0.178. The molecule has 3 heterocycles. The second-order valence-electron chi connectivity index (χ2n) is 16.8. The van der Waals surface area contributed by atoms with Crippen LogP contribution in [0.2, 0.25) is 0 Å². The van der Waals surface area contributed by atoms with Crippen LogP contribution in [-0.2, 0) is 40.6 Å². The number of hydrogen-bond donors (Lipinski definition) is 3. The number of morpholine rings is 1. The van der Waals surface area contributed by atoms with Gasteiger partial charge >= 0.3 is 18.0 Å². The Morgan fingerprint density at radius 3 is 2.09 bits per heavy atom. The number of esters is 2. The second kappa shape index (κ2) is 17.8. The van der Waals surface area contributed by atoms with E-state index in [1.165, 1.54) is 19.2 Å². The number of anilines is 1. The summed E-state index contributed by atoms with van der Waals surface area (Å²) in [6.07, 6.45) is -0.928. The van der Waals surface area contributed by atoms with Gasteiger partial charge in [0.25, 0.3) is 0 Å². The van der Waals surface area contributed by atoms with E-state index in [1.807, 2.05) is 103 Å². The van der Waals surface area contributed by atoms with Gasteiger partial charge in [0.05, 0.1) is 37.3 Å². The lowest BCUT2D eigenvalue weighted by atomic mass is 9.65. The number of urea groups is 1. The van der Waals surface area contributed by atoms with E-state index in [-0.39, 0.29) is 17.0 Å². The molecule has 2 fully saturated rings. The Kier molecular flexibility index (Phi) is 12.1. The molecule has 8 rings (SSSR count). The number of primary amides is 1. The molecule has 0 saturated carbocycles. The normalized spacial score (nSPS) is 22.9. The Bertz CT molecular complexity index is 2630. The van der Waals surface area contributed by atoms with Crippen molar-refractivity contribution in [3.8, 4) is 17.6 Å². The molecule has 5 aromatic rings. The molecule has 4 amide bonds.